The number of piperidine rings is 1. The van der Waals surface area contributed by atoms with Crippen molar-refractivity contribution in [3.05, 3.63) is 28.8 Å². The van der Waals surface area contributed by atoms with Crippen molar-refractivity contribution in [2.75, 3.05) is 40.4 Å². The van der Waals surface area contributed by atoms with Gasteiger partial charge in [0.25, 0.3) is 5.91 Å². The average Bonchev–Trinajstić information content (AvgIpc) is 2.53. The largest absolute Gasteiger partial charge is 0.496 e. The molecular formula is C16H21ClN2O3. The summed E-state index contributed by atoms with van der Waals surface area (Å²) in [5.74, 6) is 0.445. The molecule has 0 unspecified atom stereocenters. The van der Waals surface area contributed by atoms with Gasteiger partial charge in [-0.15, -0.1) is 0 Å². The van der Waals surface area contributed by atoms with Gasteiger partial charge in [-0.25, -0.2) is 0 Å². The highest BCUT2D eigenvalue weighted by molar-refractivity contribution is 6.34. The van der Waals surface area contributed by atoms with Crippen LogP contribution in [0.2, 0.25) is 5.02 Å². The van der Waals surface area contributed by atoms with Gasteiger partial charge in [0.15, 0.2) is 0 Å². The molecule has 2 aliphatic rings. The van der Waals surface area contributed by atoms with Gasteiger partial charge in [0, 0.05) is 19.6 Å². The number of rotatable bonds is 2. The van der Waals surface area contributed by atoms with Crippen molar-refractivity contribution in [2.24, 2.45) is 0 Å². The maximum absolute atomic E-state index is 13.0. The van der Waals surface area contributed by atoms with Crippen LogP contribution in [0, 0.1) is 0 Å². The van der Waals surface area contributed by atoms with Crippen LogP contribution >= 0.6 is 11.6 Å². The van der Waals surface area contributed by atoms with Crippen molar-refractivity contribution in [1.29, 1.82) is 0 Å². The number of carbonyl (C=O) groups is 1. The molecule has 0 aliphatic carbocycles. The number of benzene rings is 1. The lowest BCUT2D eigenvalue weighted by Gasteiger charge is -2.46. The Morgan fingerprint density at radius 2 is 2.23 bits per heavy atom. The van der Waals surface area contributed by atoms with E-state index in [0.717, 1.165) is 19.5 Å². The standard InChI is InChI=1S/C16H21ClN2O3/c1-18-7-6-13-12(10-18)19(8-9-22-13)16(20)15-11(17)4-3-5-14(15)21-2/h3-5,12-13H,6-10H2,1-2H3/t12-,13+/m0/s1. The van der Waals surface area contributed by atoms with Crippen LogP contribution in [0.25, 0.3) is 0 Å². The van der Waals surface area contributed by atoms with Crippen LogP contribution in [0.3, 0.4) is 0 Å². The molecule has 0 aromatic heterocycles. The predicted octanol–water partition coefficient (Wildman–Crippen LogP) is 1.89. The number of methoxy groups -OCH3 is 1. The van der Waals surface area contributed by atoms with Gasteiger partial charge in [-0.2, -0.15) is 0 Å². The van der Waals surface area contributed by atoms with Gasteiger partial charge in [-0.05, 0) is 25.6 Å². The van der Waals surface area contributed by atoms with E-state index in [0.29, 0.717) is 29.5 Å². The first-order chi connectivity index (χ1) is 10.6. The molecule has 0 radical (unpaired) electrons. The summed E-state index contributed by atoms with van der Waals surface area (Å²) in [6.07, 6.45) is 1.06. The minimum Gasteiger partial charge on any atom is -0.496 e. The van der Waals surface area contributed by atoms with Crippen molar-refractivity contribution < 1.29 is 14.3 Å². The maximum atomic E-state index is 13.0. The molecule has 1 amide bonds. The summed E-state index contributed by atoms with van der Waals surface area (Å²) in [6.45, 7) is 2.98. The fraction of sp³-hybridized carbons (Fsp3) is 0.562. The molecule has 0 bridgehead atoms. The van der Waals surface area contributed by atoms with E-state index < -0.39 is 0 Å². The molecule has 0 saturated carbocycles. The number of ether oxygens (including phenoxy) is 2. The highest BCUT2D eigenvalue weighted by Gasteiger charge is 2.39. The van der Waals surface area contributed by atoms with Gasteiger partial charge >= 0.3 is 0 Å². The topological polar surface area (TPSA) is 42.0 Å². The van der Waals surface area contributed by atoms with Crippen LogP contribution in [-0.2, 0) is 4.74 Å². The number of carbonyl (C=O) groups excluding carboxylic acids is 1. The van der Waals surface area contributed by atoms with Crippen LogP contribution in [0.1, 0.15) is 16.8 Å². The third-order valence-corrected chi connectivity index (χ3v) is 4.77. The fourth-order valence-corrected chi connectivity index (χ4v) is 3.55. The molecule has 1 aromatic rings. The molecule has 0 N–H and O–H groups in total. The van der Waals surface area contributed by atoms with Crippen LogP contribution in [0.5, 0.6) is 5.75 Å². The Bertz CT molecular complexity index is 566. The smallest absolute Gasteiger partial charge is 0.259 e. The van der Waals surface area contributed by atoms with Crippen molar-refractivity contribution in [3.8, 4) is 5.75 Å². The second-order valence-electron chi connectivity index (χ2n) is 5.84. The second kappa shape index (κ2) is 6.44. The van der Waals surface area contributed by atoms with Gasteiger partial charge in [0.2, 0.25) is 0 Å². The lowest BCUT2D eigenvalue weighted by Crippen LogP contribution is -2.60. The van der Waals surface area contributed by atoms with E-state index in [9.17, 15) is 4.79 Å². The Hall–Kier alpha value is -1.30. The van der Waals surface area contributed by atoms with Crippen LogP contribution in [0.4, 0.5) is 0 Å². The first-order valence-corrected chi connectivity index (χ1v) is 7.93. The Labute approximate surface area is 135 Å². The third kappa shape index (κ3) is 2.81. The minimum absolute atomic E-state index is 0.0704. The molecule has 2 aliphatic heterocycles. The Balaban J connectivity index is 1.91. The third-order valence-electron chi connectivity index (χ3n) is 4.46. The van der Waals surface area contributed by atoms with E-state index in [-0.39, 0.29) is 18.1 Å². The summed E-state index contributed by atoms with van der Waals surface area (Å²) in [5, 5.41) is 0.427. The van der Waals surface area contributed by atoms with Gasteiger partial charge in [-0.3, -0.25) is 4.79 Å². The molecule has 22 heavy (non-hydrogen) atoms. The Morgan fingerprint density at radius 1 is 1.41 bits per heavy atom. The molecule has 2 atom stereocenters. The summed E-state index contributed by atoms with van der Waals surface area (Å²) < 4.78 is 11.2. The van der Waals surface area contributed by atoms with Crippen molar-refractivity contribution >= 4 is 17.5 Å². The summed E-state index contributed by atoms with van der Waals surface area (Å²) in [5.41, 5.74) is 0.445. The highest BCUT2D eigenvalue weighted by Crippen LogP contribution is 2.31. The van der Waals surface area contributed by atoms with Gasteiger partial charge in [0.1, 0.15) is 11.3 Å². The van der Waals surface area contributed by atoms with Crippen molar-refractivity contribution in [2.45, 2.75) is 18.6 Å². The van der Waals surface area contributed by atoms with Crippen molar-refractivity contribution in [3.63, 3.8) is 0 Å². The fourth-order valence-electron chi connectivity index (χ4n) is 3.31. The number of likely N-dealkylation sites (tertiary alicyclic amines) is 1. The van der Waals surface area contributed by atoms with E-state index in [1.54, 1.807) is 25.3 Å². The number of likely N-dealkylation sites (N-methyl/N-ethyl adjacent to an activating group) is 1. The number of halogens is 1. The lowest BCUT2D eigenvalue weighted by molar-refractivity contribution is -0.0870. The molecule has 2 saturated heterocycles. The van der Waals surface area contributed by atoms with Crippen LogP contribution in [-0.4, -0.2) is 68.3 Å². The summed E-state index contributed by atoms with van der Waals surface area (Å²) in [6, 6.07) is 5.35. The SMILES string of the molecule is COc1cccc(Cl)c1C(=O)N1CCO[C@@H]2CCN(C)C[C@@H]21. The number of nitrogens with zero attached hydrogens (tertiary/aromatic N) is 2. The highest BCUT2D eigenvalue weighted by atomic mass is 35.5. The molecule has 120 valence electrons. The van der Waals surface area contributed by atoms with E-state index in [1.165, 1.54) is 0 Å². The summed E-state index contributed by atoms with van der Waals surface area (Å²) in [4.78, 5) is 17.2. The second-order valence-corrected chi connectivity index (χ2v) is 6.25. The summed E-state index contributed by atoms with van der Waals surface area (Å²) in [7, 11) is 3.63. The molecule has 6 heteroatoms. The zero-order valence-corrected chi connectivity index (χ0v) is 13.7. The normalized spacial score (nSPS) is 25.7. The first kappa shape index (κ1) is 15.6. The molecular weight excluding hydrogens is 304 g/mol. The first-order valence-electron chi connectivity index (χ1n) is 7.55. The summed E-state index contributed by atoms with van der Waals surface area (Å²) >= 11 is 6.26. The minimum atomic E-state index is -0.0731. The number of morpholine rings is 1. The number of amides is 1. The lowest BCUT2D eigenvalue weighted by atomic mass is 9.98. The number of hydrogen-bond acceptors (Lipinski definition) is 4. The Morgan fingerprint density at radius 3 is 3.00 bits per heavy atom. The zero-order chi connectivity index (χ0) is 15.7. The molecule has 1 aromatic carbocycles. The molecule has 2 heterocycles. The van der Waals surface area contributed by atoms with E-state index in [1.807, 2.05) is 4.90 Å². The van der Waals surface area contributed by atoms with Crippen molar-refractivity contribution in [1.82, 2.24) is 9.80 Å². The monoisotopic (exact) mass is 324 g/mol. The van der Waals surface area contributed by atoms with Crippen LogP contribution in [0.15, 0.2) is 18.2 Å². The van der Waals surface area contributed by atoms with Gasteiger partial charge in [0.05, 0.1) is 30.9 Å². The quantitative estimate of drug-likeness (QED) is 0.833. The Kier molecular flexibility index (Phi) is 4.57. The van der Waals surface area contributed by atoms with Crippen LogP contribution < -0.4 is 4.74 Å². The van der Waals surface area contributed by atoms with Gasteiger partial charge in [-0.1, -0.05) is 17.7 Å². The molecule has 0 spiro atoms. The van der Waals surface area contributed by atoms with E-state index in [4.69, 9.17) is 21.1 Å². The molecule has 2 fully saturated rings. The average molecular weight is 325 g/mol. The molecule has 5 nitrogen and oxygen atoms in total. The number of fused-ring (bicyclic) bond motifs is 1. The predicted molar refractivity (Wildman–Crippen MR) is 84.7 cm³/mol. The zero-order valence-electron chi connectivity index (χ0n) is 12.9. The number of hydrogen-bond donors (Lipinski definition) is 0. The maximum Gasteiger partial charge on any atom is 0.259 e. The van der Waals surface area contributed by atoms with Gasteiger partial charge < -0.3 is 19.3 Å². The van der Waals surface area contributed by atoms with E-state index in [2.05, 4.69) is 11.9 Å². The van der Waals surface area contributed by atoms with E-state index >= 15 is 0 Å². The molecule has 3 rings (SSSR count).